The summed E-state index contributed by atoms with van der Waals surface area (Å²) in [5.41, 5.74) is 2.18. The van der Waals surface area contributed by atoms with Crippen LogP contribution in [0.1, 0.15) is 11.1 Å². The van der Waals surface area contributed by atoms with Crippen molar-refractivity contribution in [2.75, 3.05) is 12.4 Å². The van der Waals surface area contributed by atoms with E-state index in [1.165, 1.54) is 11.5 Å². The molecule has 0 saturated carbocycles. The van der Waals surface area contributed by atoms with Gasteiger partial charge < -0.3 is 14.8 Å². The monoisotopic (exact) mass is 590 g/mol. The van der Waals surface area contributed by atoms with Gasteiger partial charge in [0.1, 0.15) is 18.2 Å². The Morgan fingerprint density at radius 2 is 1.77 bits per heavy atom. The van der Waals surface area contributed by atoms with E-state index in [0.717, 1.165) is 15.4 Å². The Bertz CT molecular complexity index is 1480. The van der Waals surface area contributed by atoms with Crippen molar-refractivity contribution >= 4 is 60.3 Å². The number of carbonyl (C=O) groups excluding carboxylic acids is 1. The van der Waals surface area contributed by atoms with E-state index in [4.69, 9.17) is 9.47 Å². The van der Waals surface area contributed by atoms with Crippen LogP contribution in [0.3, 0.4) is 0 Å². The van der Waals surface area contributed by atoms with Gasteiger partial charge in [-0.25, -0.2) is 0 Å². The summed E-state index contributed by atoms with van der Waals surface area (Å²) < 4.78 is 13.0. The molecule has 5 nitrogen and oxygen atoms in total. The third-order valence-electron chi connectivity index (χ3n) is 5.24. The lowest BCUT2D eigenvalue weighted by Crippen LogP contribution is -2.13. The molecular formula is C28H20Br2N2O3. The molecule has 1 amide bonds. The van der Waals surface area contributed by atoms with Crippen LogP contribution in [0.4, 0.5) is 5.69 Å². The van der Waals surface area contributed by atoms with Gasteiger partial charge in [0.05, 0.1) is 7.11 Å². The number of hydrogen-bond donors (Lipinski definition) is 1. The first-order chi connectivity index (χ1) is 17.0. The molecule has 0 radical (unpaired) electrons. The summed E-state index contributed by atoms with van der Waals surface area (Å²) in [7, 11) is 1.55. The first kappa shape index (κ1) is 24.5. The highest BCUT2D eigenvalue weighted by Crippen LogP contribution is 2.35. The van der Waals surface area contributed by atoms with E-state index in [2.05, 4.69) is 61.4 Å². The maximum absolute atomic E-state index is 12.7. The van der Waals surface area contributed by atoms with Crippen LogP contribution in [0, 0.1) is 11.3 Å². The quantitative estimate of drug-likeness (QED) is 0.178. The average Bonchev–Trinajstić information content (AvgIpc) is 2.86. The van der Waals surface area contributed by atoms with Crippen molar-refractivity contribution in [2.45, 2.75) is 6.61 Å². The molecule has 0 aliphatic heterocycles. The number of anilines is 1. The van der Waals surface area contributed by atoms with E-state index >= 15 is 0 Å². The predicted molar refractivity (Wildman–Crippen MR) is 145 cm³/mol. The molecule has 0 saturated heterocycles. The highest BCUT2D eigenvalue weighted by atomic mass is 79.9. The third kappa shape index (κ3) is 6.10. The van der Waals surface area contributed by atoms with Crippen LogP contribution in [0.5, 0.6) is 11.5 Å². The molecule has 0 bridgehead atoms. The molecule has 0 fully saturated rings. The molecular weight excluding hydrogens is 572 g/mol. The molecule has 0 aliphatic carbocycles. The molecule has 4 rings (SSSR count). The Labute approximate surface area is 220 Å². The Morgan fingerprint density at radius 1 is 0.971 bits per heavy atom. The van der Waals surface area contributed by atoms with Crippen LogP contribution in [0.2, 0.25) is 0 Å². The Morgan fingerprint density at radius 3 is 2.51 bits per heavy atom. The van der Waals surface area contributed by atoms with Gasteiger partial charge in [0.25, 0.3) is 5.91 Å². The topological polar surface area (TPSA) is 71.3 Å². The molecule has 0 atom stereocenters. The lowest BCUT2D eigenvalue weighted by molar-refractivity contribution is -0.112. The van der Waals surface area contributed by atoms with Gasteiger partial charge in [-0.15, -0.1) is 0 Å². The fourth-order valence-electron chi connectivity index (χ4n) is 3.49. The second-order valence-corrected chi connectivity index (χ2v) is 9.40. The van der Waals surface area contributed by atoms with Crippen molar-refractivity contribution in [3.63, 3.8) is 0 Å². The van der Waals surface area contributed by atoms with Gasteiger partial charge in [0.15, 0.2) is 11.5 Å². The zero-order valence-corrected chi connectivity index (χ0v) is 21.9. The summed E-state index contributed by atoms with van der Waals surface area (Å²) in [5, 5.41) is 14.6. The lowest BCUT2D eigenvalue weighted by atomic mass is 10.1. The number of ether oxygens (including phenoxy) is 2. The van der Waals surface area contributed by atoms with Crippen molar-refractivity contribution in [3.8, 4) is 17.6 Å². The highest BCUT2D eigenvalue weighted by molar-refractivity contribution is 9.10. The van der Waals surface area contributed by atoms with Crippen LogP contribution in [-0.4, -0.2) is 13.0 Å². The molecule has 35 heavy (non-hydrogen) atoms. The zero-order valence-electron chi connectivity index (χ0n) is 18.7. The summed E-state index contributed by atoms with van der Waals surface area (Å²) in [5.74, 6) is 0.528. The number of carbonyl (C=O) groups is 1. The Balaban J connectivity index is 1.54. The maximum atomic E-state index is 12.7. The minimum Gasteiger partial charge on any atom is -0.493 e. The molecule has 0 aliphatic rings. The summed E-state index contributed by atoms with van der Waals surface area (Å²) in [6.07, 6.45) is 1.51. The number of fused-ring (bicyclic) bond motifs is 1. The normalized spacial score (nSPS) is 11.1. The molecule has 7 heteroatoms. The van der Waals surface area contributed by atoms with Gasteiger partial charge in [0.2, 0.25) is 0 Å². The van der Waals surface area contributed by atoms with E-state index < -0.39 is 5.91 Å². The average molecular weight is 592 g/mol. The van der Waals surface area contributed by atoms with E-state index in [1.807, 2.05) is 30.3 Å². The Hall–Kier alpha value is -3.60. The minimum atomic E-state index is -0.506. The number of rotatable bonds is 7. The summed E-state index contributed by atoms with van der Waals surface area (Å²) in [4.78, 5) is 12.7. The number of benzene rings is 4. The fraction of sp³-hybridized carbons (Fsp3) is 0.0714. The largest absolute Gasteiger partial charge is 0.493 e. The fourth-order valence-corrected chi connectivity index (χ4v) is 4.33. The minimum absolute atomic E-state index is 0.0439. The van der Waals surface area contributed by atoms with Gasteiger partial charge in [-0.1, -0.05) is 74.3 Å². The lowest BCUT2D eigenvalue weighted by Gasteiger charge is -2.13. The molecule has 174 valence electrons. The van der Waals surface area contributed by atoms with E-state index in [-0.39, 0.29) is 5.57 Å². The van der Waals surface area contributed by atoms with Crippen molar-refractivity contribution in [1.82, 2.24) is 0 Å². The van der Waals surface area contributed by atoms with Crippen LogP contribution in [0.15, 0.2) is 93.4 Å². The summed E-state index contributed by atoms with van der Waals surface area (Å²) in [6, 6.07) is 27.0. The number of nitriles is 1. The van der Waals surface area contributed by atoms with E-state index in [1.54, 1.807) is 37.4 Å². The van der Waals surface area contributed by atoms with Crippen LogP contribution >= 0.6 is 31.9 Å². The molecule has 4 aromatic carbocycles. The number of hydrogen-bond acceptors (Lipinski definition) is 4. The van der Waals surface area contributed by atoms with Crippen LogP contribution < -0.4 is 14.8 Å². The smallest absolute Gasteiger partial charge is 0.266 e. The van der Waals surface area contributed by atoms with Crippen molar-refractivity contribution in [2.24, 2.45) is 0 Å². The first-order valence-corrected chi connectivity index (χ1v) is 12.2. The number of methoxy groups -OCH3 is 1. The molecule has 4 aromatic rings. The maximum Gasteiger partial charge on any atom is 0.266 e. The molecule has 0 unspecified atom stereocenters. The number of halogens is 2. The summed E-state index contributed by atoms with van der Waals surface area (Å²) >= 11 is 6.89. The van der Waals surface area contributed by atoms with E-state index in [0.29, 0.717) is 33.8 Å². The van der Waals surface area contributed by atoms with Gasteiger partial charge in [-0.05, 0) is 64.4 Å². The van der Waals surface area contributed by atoms with Gasteiger partial charge in [0, 0.05) is 14.6 Å². The van der Waals surface area contributed by atoms with Crippen LogP contribution in [-0.2, 0) is 11.4 Å². The Kier molecular flexibility index (Phi) is 7.86. The molecule has 0 heterocycles. The second kappa shape index (κ2) is 11.2. The van der Waals surface area contributed by atoms with Gasteiger partial charge in [-0.3, -0.25) is 4.79 Å². The first-order valence-electron chi connectivity index (χ1n) is 10.6. The molecule has 1 N–H and O–H groups in total. The predicted octanol–water partition coefficient (Wildman–Crippen LogP) is 7.50. The zero-order chi connectivity index (χ0) is 24.8. The molecule has 0 spiro atoms. The van der Waals surface area contributed by atoms with Crippen LogP contribution in [0.25, 0.3) is 16.8 Å². The summed E-state index contributed by atoms with van der Waals surface area (Å²) in [6.45, 7) is 0.362. The second-order valence-electron chi connectivity index (χ2n) is 7.63. The van der Waals surface area contributed by atoms with Crippen molar-refractivity contribution in [3.05, 3.63) is 105 Å². The standard InChI is InChI=1S/C28H20Br2N2O3/c1-34-26-13-21(12-22(16-31)28(33)32-24-8-4-7-23(29)14-24)25(30)15-27(26)35-17-18-9-10-19-5-2-3-6-20(19)11-18/h2-15H,17H2,1H3,(H,32,33)/b22-12-. The third-order valence-corrected chi connectivity index (χ3v) is 6.42. The SMILES string of the molecule is COc1cc(/C=C(/C#N)C(=O)Nc2cccc(Br)c2)c(Br)cc1OCc1ccc2ccccc2c1. The van der Waals surface area contributed by atoms with Gasteiger partial charge in [-0.2, -0.15) is 5.26 Å². The van der Waals surface area contributed by atoms with E-state index in [9.17, 15) is 10.1 Å². The van der Waals surface area contributed by atoms with Crippen molar-refractivity contribution in [1.29, 1.82) is 5.26 Å². The number of nitrogens with zero attached hydrogens (tertiary/aromatic N) is 1. The highest BCUT2D eigenvalue weighted by Gasteiger charge is 2.14. The molecule has 0 aromatic heterocycles. The number of nitrogens with one attached hydrogen (secondary N) is 1. The number of amides is 1. The van der Waals surface area contributed by atoms with Gasteiger partial charge >= 0.3 is 0 Å². The van der Waals surface area contributed by atoms with Crippen molar-refractivity contribution < 1.29 is 14.3 Å².